The summed E-state index contributed by atoms with van der Waals surface area (Å²) in [6.45, 7) is 2.01. The Balaban J connectivity index is 1.77. The number of rotatable bonds is 7. The first-order valence-corrected chi connectivity index (χ1v) is 8.15. The fraction of sp³-hybridized carbons (Fsp3) is 0.263. The summed E-state index contributed by atoms with van der Waals surface area (Å²) in [5.41, 5.74) is 1.53. The van der Waals surface area contributed by atoms with Gasteiger partial charge < -0.3 is 20.8 Å². The summed E-state index contributed by atoms with van der Waals surface area (Å²) in [5.74, 6) is -1.38. The molecule has 0 aliphatic rings. The molecule has 2 unspecified atom stereocenters. The lowest BCUT2D eigenvalue weighted by molar-refractivity contribution is 0.0696. The Kier molecular flexibility index (Phi) is 6.68. The average Bonchev–Trinajstić information content (AvgIpc) is 2.60. The molecule has 0 fully saturated rings. The van der Waals surface area contributed by atoms with Crippen molar-refractivity contribution in [2.45, 2.75) is 32.0 Å². The number of aliphatic hydroxyl groups is 1. The molecular formula is C19H21FN2O4. The number of carboxylic acid groups (broad SMARTS) is 1. The Morgan fingerprint density at radius 2 is 1.69 bits per heavy atom. The molecule has 2 atom stereocenters. The predicted molar refractivity (Wildman–Crippen MR) is 94.2 cm³/mol. The second-order valence-corrected chi connectivity index (χ2v) is 6.03. The summed E-state index contributed by atoms with van der Waals surface area (Å²) in [5, 5.41) is 24.4. The van der Waals surface area contributed by atoms with Crippen molar-refractivity contribution >= 4 is 12.0 Å². The average molecular weight is 360 g/mol. The van der Waals surface area contributed by atoms with Gasteiger partial charge in [-0.05, 0) is 48.7 Å². The molecule has 6 nitrogen and oxygen atoms in total. The third-order valence-electron chi connectivity index (χ3n) is 3.86. The van der Waals surface area contributed by atoms with E-state index in [0.29, 0.717) is 5.56 Å². The van der Waals surface area contributed by atoms with Crippen molar-refractivity contribution in [1.82, 2.24) is 10.6 Å². The van der Waals surface area contributed by atoms with Gasteiger partial charge in [-0.2, -0.15) is 0 Å². The van der Waals surface area contributed by atoms with Gasteiger partial charge in [-0.15, -0.1) is 0 Å². The van der Waals surface area contributed by atoms with Crippen LogP contribution in [0.4, 0.5) is 9.18 Å². The summed E-state index contributed by atoms with van der Waals surface area (Å²) in [6, 6.07) is 11.1. The van der Waals surface area contributed by atoms with E-state index in [1.807, 2.05) is 0 Å². The number of amides is 2. The van der Waals surface area contributed by atoms with Crippen LogP contribution in [0.5, 0.6) is 0 Å². The molecule has 0 saturated heterocycles. The van der Waals surface area contributed by atoms with Crippen LogP contribution in [-0.4, -0.2) is 28.3 Å². The van der Waals surface area contributed by atoms with Crippen LogP contribution in [0.3, 0.4) is 0 Å². The van der Waals surface area contributed by atoms with Gasteiger partial charge >= 0.3 is 12.0 Å². The van der Waals surface area contributed by atoms with Crippen LogP contribution >= 0.6 is 0 Å². The lowest BCUT2D eigenvalue weighted by Gasteiger charge is -2.18. The number of benzene rings is 2. The monoisotopic (exact) mass is 360 g/mol. The van der Waals surface area contributed by atoms with Crippen LogP contribution in [0, 0.1) is 5.82 Å². The Hall–Kier alpha value is -2.93. The van der Waals surface area contributed by atoms with E-state index in [1.54, 1.807) is 19.1 Å². The highest BCUT2D eigenvalue weighted by molar-refractivity contribution is 5.87. The smallest absolute Gasteiger partial charge is 0.335 e. The number of carboxylic acids is 1. The molecule has 138 valence electrons. The maximum Gasteiger partial charge on any atom is 0.335 e. The minimum absolute atomic E-state index is 0.182. The summed E-state index contributed by atoms with van der Waals surface area (Å²) in [7, 11) is 0. The van der Waals surface area contributed by atoms with Crippen molar-refractivity contribution in [2.75, 3.05) is 0 Å². The predicted octanol–water partition coefficient (Wildman–Crippen LogP) is 2.84. The molecule has 2 aromatic rings. The first-order chi connectivity index (χ1) is 12.3. The number of aliphatic hydroxyl groups excluding tert-OH is 1. The molecule has 4 N–H and O–H groups in total. The molecule has 26 heavy (non-hydrogen) atoms. The maximum absolute atomic E-state index is 12.9. The van der Waals surface area contributed by atoms with E-state index in [4.69, 9.17) is 5.11 Å². The van der Waals surface area contributed by atoms with Gasteiger partial charge in [0.1, 0.15) is 5.82 Å². The highest BCUT2D eigenvalue weighted by Gasteiger charge is 2.14. The second-order valence-electron chi connectivity index (χ2n) is 6.03. The number of hydrogen-bond acceptors (Lipinski definition) is 3. The zero-order valence-electron chi connectivity index (χ0n) is 14.3. The molecule has 0 radical (unpaired) electrons. The molecule has 0 spiro atoms. The van der Waals surface area contributed by atoms with E-state index >= 15 is 0 Å². The molecule has 0 bridgehead atoms. The van der Waals surface area contributed by atoms with Gasteiger partial charge in [-0.1, -0.05) is 24.3 Å². The quantitative estimate of drug-likeness (QED) is 0.610. The normalized spacial score (nSPS) is 12.9. The fourth-order valence-electron chi connectivity index (χ4n) is 2.44. The molecule has 0 aromatic heterocycles. The number of nitrogens with one attached hydrogen (secondary N) is 2. The Morgan fingerprint density at radius 1 is 1.08 bits per heavy atom. The van der Waals surface area contributed by atoms with Gasteiger partial charge in [0, 0.05) is 12.6 Å². The van der Waals surface area contributed by atoms with E-state index in [0.717, 1.165) is 5.56 Å². The Bertz CT molecular complexity index is 747. The number of carbonyl (C=O) groups excluding carboxylic acids is 1. The van der Waals surface area contributed by atoms with E-state index < -0.39 is 18.1 Å². The third-order valence-corrected chi connectivity index (χ3v) is 3.86. The highest BCUT2D eigenvalue weighted by Crippen LogP contribution is 2.18. The maximum atomic E-state index is 12.9. The lowest BCUT2D eigenvalue weighted by atomic mass is 10.0. The van der Waals surface area contributed by atoms with E-state index in [1.165, 1.54) is 36.4 Å². The highest BCUT2D eigenvalue weighted by atomic mass is 19.1. The summed E-state index contributed by atoms with van der Waals surface area (Å²) in [4.78, 5) is 22.7. The van der Waals surface area contributed by atoms with Gasteiger partial charge in [-0.3, -0.25) is 0 Å². The molecule has 0 aliphatic carbocycles. The van der Waals surface area contributed by atoms with E-state index in [9.17, 15) is 19.1 Å². The van der Waals surface area contributed by atoms with Crippen molar-refractivity contribution in [1.29, 1.82) is 0 Å². The van der Waals surface area contributed by atoms with Crippen molar-refractivity contribution < 1.29 is 24.2 Å². The summed E-state index contributed by atoms with van der Waals surface area (Å²) < 4.78 is 12.9. The molecule has 0 aliphatic heterocycles. The minimum atomic E-state index is -1.00. The number of halogens is 1. The molecule has 2 amide bonds. The zero-order chi connectivity index (χ0) is 19.1. The van der Waals surface area contributed by atoms with Gasteiger partial charge in [0.05, 0.1) is 11.7 Å². The van der Waals surface area contributed by atoms with E-state index in [-0.39, 0.29) is 30.4 Å². The summed E-state index contributed by atoms with van der Waals surface area (Å²) in [6.07, 6.45) is -0.527. The number of hydrogen-bond donors (Lipinski definition) is 4. The molecule has 0 saturated carbocycles. The van der Waals surface area contributed by atoms with Crippen LogP contribution in [0.25, 0.3) is 0 Å². The van der Waals surface area contributed by atoms with Crippen molar-refractivity contribution in [3.8, 4) is 0 Å². The number of urea groups is 1. The van der Waals surface area contributed by atoms with Crippen LogP contribution in [0.2, 0.25) is 0 Å². The lowest BCUT2D eigenvalue weighted by Crippen LogP contribution is -2.41. The number of aromatic carboxylic acids is 1. The van der Waals surface area contributed by atoms with Crippen LogP contribution in [-0.2, 0) is 6.54 Å². The third kappa shape index (κ3) is 5.86. The van der Waals surface area contributed by atoms with Gasteiger partial charge in [0.25, 0.3) is 0 Å². The van der Waals surface area contributed by atoms with Gasteiger partial charge in [0.2, 0.25) is 0 Å². The zero-order valence-corrected chi connectivity index (χ0v) is 14.3. The first kappa shape index (κ1) is 19.4. The Labute approximate surface area is 150 Å². The topological polar surface area (TPSA) is 98.7 Å². The largest absolute Gasteiger partial charge is 0.478 e. The van der Waals surface area contributed by atoms with Crippen LogP contribution < -0.4 is 10.6 Å². The van der Waals surface area contributed by atoms with Crippen LogP contribution in [0.15, 0.2) is 48.5 Å². The molecule has 2 aromatic carbocycles. The van der Waals surface area contributed by atoms with Crippen molar-refractivity contribution in [3.63, 3.8) is 0 Å². The van der Waals surface area contributed by atoms with Gasteiger partial charge in [0.15, 0.2) is 0 Å². The van der Waals surface area contributed by atoms with Gasteiger partial charge in [-0.25, -0.2) is 14.0 Å². The first-order valence-electron chi connectivity index (χ1n) is 8.15. The standard InChI is InChI=1S/C19H21FN2O4/c1-12(10-17(23)14-6-8-16(20)9-7-14)22-19(26)21-11-13-2-4-15(5-3-13)18(24)25/h2-9,12,17,23H,10-11H2,1H3,(H,24,25)(H2,21,22,26). The molecule has 7 heteroatoms. The molecule has 2 rings (SSSR count). The van der Waals surface area contributed by atoms with Crippen molar-refractivity contribution in [2.24, 2.45) is 0 Å². The number of carbonyl (C=O) groups is 2. The minimum Gasteiger partial charge on any atom is -0.478 e. The van der Waals surface area contributed by atoms with Crippen LogP contribution in [0.1, 0.15) is 40.9 Å². The summed E-state index contributed by atoms with van der Waals surface area (Å²) >= 11 is 0. The van der Waals surface area contributed by atoms with Crippen molar-refractivity contribution in [3.05, 3.63) is 71.0 Å². The van der Waals surface area contributed by atoms with E-state index in [2.05, 4.69) is 10.6 Å². The fourth-order valence-corrected chi connectivity index (χ4v) is 2.44. The molecule has 0 heterocycles. The SMILES string of the molecule is CC(CC(O)c1ccc(F)cc1)NC(=O)NCc1ccc(C(=O)O)cc1. The Morgan fingerprint density at radius 3 is 2.27 bits per heavy atom. The molecular weight excluding hydrogens is 339 g/mol. The second kappa shape index (κ2) is 8.96.